The average molecular weight is 303 g/mol. The summed E-state index contributed by atoms with van der Waals surface area (Å²) in [6, 6.07) is 3.28. The number of hydrogen-bond acceptors (Lipinski definition) is 2. The minimum absolute atomic E-state index is 0.0402. The Labute approximate surface area is 105 Å². The van der Waals surface area contributed by atoms with Crippen LogP contribution in [0.1, 0.15) is 5.69 Å². The largest absolute Gasteiger partial charge is 0.396 e. The van der Waals surface area contributed by atoms with E-state index in [1.54, 1.807) is 6.20 Å². The lowest BCUT2D eigenvalue weighted by molar-refractivity contribution is 0.298. The fourth-order valence-corrected chi connectivity index (χ4v) is 1.93. The first-order valence-corrected chi connectivity index (χ1v) is 5.71. The zero-order valence-electron chi connectivity index (χ0n) is 8.70. The van der Waals surface area contributed by atoms with Crippen molar-refractivity contribution in [1.82, 2.24) is 9.78 Å². The molecule has 17 heavy (non-hydrogen) atoms. The standard InChI is InChI=1S/C11H9BrF2N2O/c12-8-6-16(15-10(8)3-4-17)11-2-1-7(13)5-9(11)14/h1-2,5-6,17H,3-4H2. The molecule has 0 radical (unpaired) electrons. The molecule has 0 fully saturated rings. The first-order valence-electron chi connectivity index (χ1n) is 4.92. The van der Waals surface area contributed by atoms with Crippen molar-refractivity contribution in [1.29, 1.82) is 0 Å². The number of aliphatic hydroxyl groups excluding tert-OH is 1. The molecule has 0 spiro atoms. The fraction of sp³-hybridized carbons (Fsp3) is 0.182. The number of rotatable bonds is 3. The molecule has 0 amide bonds. The smallest absolute Gasteiger partial charge is 0.151 e. The van der Waals surface area contributed by atoms with Gasteiger partial charge in [-0.05, 0) is 28.1 Å². The maximum Gasteiger partial charge on any atom is 0.151 e. The Bertz CT molecular complexity index is 542. The Morgan fingerprint density at radius 2 is 2.12 bits per heavy atom. The van der Waals surface area contributed by atoms with Gasteiger partial charge in [0.05, 0.1) is 10.2 Å². The van der Waals surface area contributed by atoms with E-state index in [4.69, 9.17) is 5.11 Å². The van der Waals surface area contributed by atoms with Crippen LogP contribution in [0.3, 0.4) is 0 Å². The number of nitrogens with zero attached hydrogens (tertiary/aromatic N) is 2. The molecule has 3 nitrogen and oxygen atoms in total. The molecule has 90 valence electrons. The maximum atomic E-state index is 13.5. The molecule has 1 aromatic heterocycles. The molecular formula is C11H9BrF2N2O. The SMILES string of the molecule is OCCc1nn(-c2ccc(F)cc2F)cc1Br. The second-order valence-corrected chi connectivity index (χ2v) is 4.29. The Morgan fingerprint density at radius 3 is 2.76 bits per heavy atom. The third-order valence-corrected chi connectivity index (χ3v) is 2.91. The monoisotopic (exact) mass is 302 g/mol. The summed E-state index contributed by atoms with van der Waals surface area (Å²) in [6.07, 6.45) is 1.94. The van der Waals surface area contributed by atoms with E-state index in [1.165, 1.54) is 16.8 Å². The molecule has 0 saturated carbocycles. The quantitative estimate of drug-likeness (QED) is 0.946. The lowest BCUT2D eigenvalue weighted by atomic mass is 10.3. The Morgan fingerprint density at radius 1 is 1.35 bits per heavy atom. The number of aliphatic hydroxyl groups is 1. The van der Waals surface area contributed by atoms with E-state index >= 15 is 0 Å². The molecule has 1 heterocycles. The molecule has 0 aliphatic heterocycles. The second-order valence-electron chi connectivity index (χ2n) is 3.44. The van der Waals surface area contributed by atoms with Crippen LogP contribution >= 0.6 is 15.9 Å². The number of hydrogen-bond donors (Lipinski definition) is 1. The summed E-state index contributed by atoms with van der Waals surface area (Å²) in [5.74, 6) is -1.32. The van der Waals surface area contributed by atoms with Crippen LogP contribution in [0, 0.1) is 11.6 Å². The van der Waals surface area contributed by atoms with Crippen molar-refractivity contribution in [3.8, 4) is 5.69 Å². The Kier molecular flexibility index (Phi) is 3.54. The second kappa shape index (κ2) is 4.93. The van der Waals surface area contributed by atoms with Crippen LogP contribution in [0.25, 0.3) is 5.69 Å². The molecule has 0 aliphatic rings. The van der Waals surface area contributed by atoms with Gasteiger partial charge in [0, 0.05) is 25.3 Å². The van der Waals surface area contributed by atoms with Crippen LogP contribution in [0.5, 0.6) is 0 Å². The van der Waals surface area contributed by atoms with E-state index in [0.717, 1.165) is 6.07 Å². The van der Waals surface area contributed by atoms with Crippen LogP contribution < -0.4 is 0 Å². The summed E-state index contributed by atoms with van der Waals surface area (Å²) < 4.78 is 28.2. The number of benzene rings is 1. The van der Waals surface area contributed by atoms with Gasteiger partial charge in [-0.2, -0.15) is 5.10 Å². The van der Waals surface area contributed by atoms with E-state index in [9.17, 15) is 8.78 Å². The predicted octanol–water partition coefficient (Wildman–Crippen LogP) is 2.45. The van der Waals surface area contributed by atoms with Crippen molar-refractivity contribution in [3.63, 3.8) is 0 Å². The highest BCUT2D eigenvalue weighted by atomic mass is 79.9. The summed E-state index contributed by atoms with van der Waals surface area (Å²) in [5, 5.41) is 12.9. The predicted molar refractivity (Wildman–Crippen MR) is 62.0 cm³/mol. The summed E-state index contributed by atoms with van der Waals surface area (Å²) in [4.78, 5) is 0. The van der Waals surface area contributed by atoms with Crippen molar-refractivity contribution < 1.29 is 13.9 Å². The number of halogens is 3. The van der Waals surface area contributed by atoms with Gasteiger partial charge >= 0.3 is 0 Å². The lowest BCUT2D eigenvalue weighted by Crippen LogP contribution is -2.00. The molecule has 0 aliphatic carbocycles. The van der Waals surface area contributed by atoms with E-state index in [0.29, 0.717) is 16.6 Å². The van der Waals surface area contributed by atoms with Crippen LogP contribution in [-0.4, -0.2) is 21.5 Å². The molecule has 0 bridgehead atoms. The highest BCUT2D eigenvalue weighted by molar-refractivity contribution is 9.10. The number of aromatic nitrogens is 2. The molecule has 6 heteroatoms. The van der Waals surface area contributed by atoms with Crippen LogP contribution in [0.4, 0.5) is 8.78 Å². The van der Waals surface area contributed by atoms with Gasteiger partial charge in [0.25, 0.3) is 0 Å². The van der Waals surface area contributed by atoms with Gasteiger partial charge in [0.15, 0.2) is 5.82 Å². The van der Waals surface area contributed by atoms with Gasteiger partial charge in [-0.3, -0.25) is 0 Å². The highest BCUT2D eigenvalue weighted by Gasteiger charge is 2.11. The average Bonchev–Trinajstić information content (AvgIpc) is 2.60. The van der Waals surface area contributed by atoms with E-state index in [2.05, 4.69) is 21.0 Å². The van der Waals surface area contributed by atoms with Gasteiger partial charge in [-0.1, -0.05) is 0 Å². The molecule has 0 saturated heterocycles. The first kappa shape index (κ1) is 12.2. The van der Waals surface area contributed by atoms with Gasteiger partial charge in [0.2, 0.25) is 0 Å². The third kappa shape index (κ3) is 2.53. The Hall–Kier alpha value is -1.27. The van der Waals surface area contributed by atoms with Crippen LogP contribution in [0.2, 0.25) is 0 Å². The van der Waals surface area contributed by atoms with Gasteiger partial charge < -0.3 is 5.11 Å². The van der Waals surface area contributed by atoms with Crippen molar-refractivity contribution in [3.05, 3.63) is 46.2 Å². The maximum absolute atomic E-state index is 13.5. The van der Waals surface area contributed by atoms with Crippen molar-refractivity contribution in [2.45, 2.75) is 6.42 Å². The minimum Gasteiger partial charge on any atom is -0.396 e. The molecule has 1 aromatic carbocycles. The first-order chi connectivity index (χ1) is 8.11. The zero-order chi connectivity index (χ0) is 12.4. The van der Waals surface area contributed by atoms with E-state index in [-0.39, 0.29) is 12.3 Å². The highest BCUT2D eigenvalue weighted by Crippen LogP contribution is 2.20. The van der Waals surface area contributed by atoms with Gasteiger partial charge in [-0.15, -0.1) is 0 Å². The van der Waals surface area contributed by atoms with E-state index < -0.39 is 11.6 Å². The fourth-order valence-electron chi connectivity index (χ4n) is 1.45. The van der Waals surface area contributed by atoms with Crippen molar-refractivity contribution in [2.24, 2.45) is 0 Å². The molecule has 2 rings (SSSR count). The molecule has 2 aromatic rings. The molecule has 0 atom stereocenters. The topological polar surface area (TPSA) is 38.1 Å². The summed E-state index contributed by atoms with van der Waals surface area (Å²) in [7, 11) is 0. The summed E-state index contributed by atoms with van der Waals surface area (Å²) in [6.45, 7) is -0.0402. The van der Waals surface area contributed by atoms with Crippen LogP contribution in [0.15, 0.2) is 28.9 Å². The summed E-state index contributed by atoms with van der Waals surface area (Å²) >= 11 is 3.26. The van der Waals surface area contributed by atoms with Crippen LogP contribution in [-0.2, 0) is 6.42 Å². The van der Waals surface area contributed by atoms with Crippen molar-refractivity contribution in [2.75, 3.05) is 6.61 Å². The minimum atomic E-state index is -0.685. The zero-order valence-corrected chi connectivity index (χ0v) is 10.3. The van der Waals surface area contributed by atoms with Gasteiger partial charge in [-0.25, -0.2) is 13.5 Å². The normalized spacial score (nSPS) is 10.8. The van der Waals surface area contributed by atoms with E-state index in [1.807, 2.05) is 0 Å². The molecular weight excluding hydrogens is 294 g/mol. The van der Waals surface area contributed by atoms with Gasteiger partial charge in [0.1, 0.15) is 11.5 Å². The Balaban J connectivity index is 2.42. The third-order valence-electron chi connectivity index (χ3n) is 2.24. The molecule has 1 N–H and O–H groups in total. The molecule has 0 unspecified atom stereocenters. The summed E-state index contributed by atoms with van der Waals surface area (Å²) in [5.41, 5.74) is 0.785. The van der Waals surface area contributed by atoms with Crippen molar-refractivity contribution >= 4 is 15.9 Å². The lowest BCUT2D eigenvalue weighted by Gasteiger charge is -2.02.